The summed E-state index contributed by atoms with van der Waals surface area (Å²) in [6, 6.07) is 11.8. The van der Waals surface area contributed by atoms with Crippen LogP contribution in [0.4, 0.5) is 10.1 Å². The Kier molecular flexibility index (Phi) is 4.65. The molecule has 1 unspecified atom stereocenters. The maximum atomic E-state index is 13.5. The average Bonchev–Trinajstić information content (AvgIpc) is 2.38. The number of hydrogen-bond donors (Lipinski definition) is 1. The minimum Gasteiger partial charge on any atom is -0.327 e. The zero-order valence-corrected chi connectivity index (χ0v) is 11.8. The van der Waals surface area contributed by atoms with Crippen molar-refractivity contribution in [3.63, 3.8) is 0 Å². The van der Waals surface area contributed by atoms with Crippen molar-refractivity contribution in [3.05, 3.63) is 75.1 Å². The summed E-state index contributed by atoms with van der Waals surface area (Å²) in [4.78, 5) is 9.84. The van der Waals surface area contributed by atoms with Gasteiger partial charge < -0.3 is 5.73 Å². The van der Waals surface area contributed by atoms with E-state index in [2.05, 4.69) is 6.07 Å². The molecule has 0 spiro atoms. The molecule has 2 aromatic rings. The van der Waals surface area contributed by atoms with Crippen molar-refractivity contribution < 1.29 is 9.31 Å². The van der Waals surface area contributed by atoms with Gasteiger partial charge in [0.25, 0.3) is 0 Å². The lowest BCUT2D eigenvalue weighted by molar-refractivity contribution is -0.387. The molecule has 0 aromatic heterocycles. The van der Waals surface area contributed by atoms with Crippen molar-refractivity contribution in [2.75, 3.05) is 0 Å². The number of benzene rings is 2. The maximum Gasteiger partial charge on any atom is 0.304 e. The molecule has 2 rings (SSSR count). The van der Waals surface area contributed by atoms with Crippen molar-refractivity contribution in [1.29, 1.82) is 0 Å². The maximum absolute atomic E-state index is 13.5. The number of nitrogens with zero attached hydrogens (tertiary/aromatic N) is 1. The molecule has 110 valence electrons. The van der Waals surface area contributed by atoms with E-state index in [1.54, 1.807) is 6.07 Å². The molecule has 0 saturated carbocycles. The largest absolute Gasteiger partial charge is 0.327 e. The molecule has 0 aliphatic heterocycles. The van der Waals surface area contributed by atoms with Crippen LogP contribution in [0, 0.1) is 22.9 Å². The van der Waals surface area contributed by atoms with Gasteiger partial charge in [0.2, 0.25) is 5.82 Å². The van der Waals surface area contributed by atoms with E-state index < -0.39 is 16.4 Å². The first-order valence-corrected chi connectivity index (χ1v) is 6.69. The highest BCUT2D eigenvalue weighted by Crippen LogP contribution is 2.19. The van der Waals surface area contributed by atoms with Gasteiger partial charge in [-0.25, -0.2) is 0 Å². The van der Waals surface area contributed by atoms with E-state index in [4.69, 9.17) is 5.73 Å². The quantitative estimate of drug-likeness (QED) is 0.678. The van der Waals surface area contributed by atoms with Crippen LogP contribution in [-0.2, 0) is 12.8 Å². The molecule has 21 heavy (non-hydrogen) atoms. The number of nitro groups is 1. The molecule has 0 aliphatic rings. The summed E-state index contributed by atoms with van der Waals surface area (Å²) in [5.74, 6) is -0.819. The third kappa shape index (κ3) is 4.10. The Labute approximate surface area is 122 Å². The fraction of sp³-hybridized carbons (Fsp3) is 0.250. The first kappa shape index (κ1) is 15.1. The van der Waals surface area contributed by atoms with Crippen molar-refractivity contribution in [3.8, 4) is 0 Å². The first-order valence-electron chi connectivity index (χ1n) is 6.69. The summed E-state index contributed by atoms with van der Waals surface area (Å²) in [5.41, 5.74) is 8.53. The molecule has 4 nitrogen and oxygen atoms in total. The molecule has 0 amide bonds. The van der Waals surface area contributed by atoms with Gasteiger partial charge in [-0.05, 0) is 37.0 Å². The molecule has 0 heterocycles. The second kappa shape index (κ2) is 6.45. The molecule has 0 fully saturated rings. The van der Waals surface area contributed by atoms with Gasteiger partial charge in [-0.1, -0.05) is 35.9 Å². The van der Waals surface area contributed by atoms with E-state index in [0.717, 1.165) is 5.56 Å². The monoisotopic (exact) mass is 288 g/mol. The molecule has 0 bridgehead atoms. The number of aryl methyl sites for hydroxylation is 1. The SMILES string of the molecule is Cc1cccc(CC(N)Cc2ccc([N+](=O)[O-])c(F)c2)c1. The highest BCUT2D eigenvalue weighted by atomic mass is 19.1. The second-order valence-corrected chi connectivity index (χ2v) is 5.20. The lowest BCUT2D eigenvalue weighted by Gasteiger charge is -2.12. The van der Waals surface area contributed by atoms with Crippen LogP contribution in [0.1, 0.15) is 16.7 Å². The second-order valence-electron chi connectivity index (χ2n) is 5.20. The van der Waals surface area contributed by atoms with E-state index in [9.17, 15) is 14.5 Å². The zero-order chi connectivity index (χ0) is 15.4. The Morgan fingerprint density at radius 3 is 2.43 bits per heavy atom. The van der Waals surface area contributed by atoms with Crippen molar-refractivity contribution in [2.24, 2.45) is 5.73 Å². The van der Waals surface area contributed by atoms with Crippen LogP contribution in [0.2, 0.25) is 0 Å². The highest BCUT2D eigenvalue weighted by Gasteiger charge is 2.15. The summed E-state index contributed by atoms with van der Waals surface area (Å²) < 4.78 is 13.5. The molecule has 0 aliphatic carbocycles. The van der Waals surface area contributed by atoms with Gasteiger partial charge in [0, 0.05) is 12.1 Å². The molecule has 1 atom stereocenters. The molecule has 0 saturated heterocycles. The van der Waals surface area contributed by atoms with Gasteiger partial charge in [0.15, 0.2) is 0 Å². The summed E-state index contributed by atoms with van der Waals surface area (Å²) in [5, 5.41) is 10.6. The van der Waals surface area contributed by atoms with Gasteiger partial charge in [0.1, 0.15) is 0 Å². The number of rotatable bonds is 5. The first-order chi connectivity index (χ1) is 9.95. The van der Waals surface area contributed by atoms with Gasteiger partial charge in [0.05, 0.1) is 4.92 Å². The zero-order valence-electron chi connectivity index (χ0n) is 11.8. The third-order valence-electron chi connectivity index (χ3n) is 3.29. The van der Waals surface area contributed by atoms with E-state index in [-0.39, 0.29) is 6.04 Å². The van der Waals surface area contributed by atoms with Crippen molar-refractivity contribution in [1.82, 2.24) is 0 Å². The molecule has 2 aromatic carbocycles. The summed E-state index contributed by atoms with van der Waals surface area (Å²) >= 11 is 0. The van der Waals surface area contributed by atoms with Crippen LogP contribution in [-0.4, -0.2) is 11.0 Å². The van der Waals surface area contributed by atoms with Crippen molar-refractivity contribution >= 4 is 5.69 Å². The van der Waals surface area contributed by atoms with Crippen LogP contribution in [0.25, 0.3) is 0 Å². The normalized spacial score (nSPS) is 12.1. The molecule has 5 heteroatoms. The topological polar surface area (TPSA) is 69.2 Å². The van der Waals surface area contributed by atoms with Gasteiger partial charge in [-0.15, -0.1) is 0 Å². The van der Waals surface area contributed by atoms with Crippen LogP contribution in [0.5, 0.6) is 0 Å². The van der Waals surface area contributed by atoms with Crippen LogP contribution in [0.3, 0.4) is 0 Å². The average molecular weight is 288 g/mol. The molecular weight excluding hydrogens is 271 g/mol. The van der Waals surface area contributed by atoms with Crippen LogP contribution in [0.15, 0.2) is 42.5 Å². The lowest BCUT2D eigenvalue weighted by atomic mass is 9.98. The minimum absolute atomic E-state index is 0.160. The Bertz CT molecular complexity index is 658. The highest BCUT2D eigenvalue weighted by molar-refractivity contribution is 5.35. The standard InChI is InChI=1S/C16H17FN2O2/c1-11-3-2-4-12(7-11)8-14(18)9-13-5-6-16(19(20)21)15(17)10-13/h2-7,10,14H,8-9,18H2,1H3. The van der Waals surface area contributed by atoms with E-state index in [1.807, 2.05) is 25.1 Å². The summed E-state index contributed by atoms with van der Waals surface area (Å²) in [7, 11) is 0. The fourth-order valence-electron chi connectivity index (χ4n) is 2.34. The van der Waals surface area contributed by atoms with Gasteiger partial charge in [-0.2, -0.15) is 4.39 Å². The van der Waals surface area contributed by atoms with E-state index in [1.165, 1.54) is 17.7 Å². The Balaban J connectivity index is 2.04. The van der Waals surface area contributed by atoms with E-state index in [0.29, 0.717) is 18.4 Å². The summed E-state index contributed by atoms with van der Waals surface area (Å²) in [6.45, 7) is 2.01. The minimum atomic E-state index is -0.819. The van der Waals surface area contributed by atoms with Crippen LogP contribution >= 0.6 is 0 Å². The van der Waals surface area contributed by atoms with Gasteiger partial charge >= 0.3 is 5.69 Å². The summed E-state index contributed by atoms with van der Waals surface area (Å²) in [6.07, 6.45) is 1.16. The van der Waals surface area contributed by atoms with Crippen LogP contribution < -0.4 is 5.73 Å². The number of nitrogens with two attached hydrogens (primary N) is 1. The van der Waals surface area contributed by atoms with Gasteiger partial charge in [-0.3, -0.25) is 10.1 Å². The van der Waals surface area contributed by atoms with E-state index >= 15 is 0 Å². The Hall–Kier alpha value is -2.27. The Morgan fingerprint density at radius 1 is 1.19 bits per heavy atom. The molecular formula is C16H17FN2O2. The number of nitro benzene ring substituents is 1. The third-order valence-corrected chi connectivity index (χ3v) is 3.29. The Morgan fingerprint density at radius 2 is 1.86 bits per heavy atom. The fourth-order valence-corrected chi connectivity index (χ4v) is 2.34. The molecule has 0 radical (unpaired) electrons. The van der Waals surface area contributed by atoms with Crippen molar-refractivity contribution in [2.45, 2.75) is 25.8 Å². The smallest absolute Gasteiger partial charge is 0.304 e. The molecule has 2 N–H and O–H groups in total. The number of halogens is 1. The lowest BCUT2D eigenvalue weighted by Crippen LogP contribution is -2.25. The predicted octanol–water partition coefficient (Wildman–Crippen LogP) is 3.15. The number of hydrogen-bond acceptors (Lipinski definition) is 3. The predicted molar refractivity (Wildman–Crippen MR) is 79.6 cm³/mol.